The molecular weight excluding hydrogens is 492 g/mol. The van der Waals surface area contributed by atoms with Gasteiger partial charge in [-0.2, -0.15) is 0 Å². The van der Waals surface area contributed by atoms with Gasteiger partial charge in [0, 0.05) is 40.4 Å². The van der Waals surface area contributed by atoms with E-state index in [-0.39, 0.29) is 6.61 Å². The molecule has 0 spiro atoms. The molecule has 0 aliphatic carbocycles. The first kappa shape index (κ1) is 22.7. The standard InChI is InChI=1S/C27H20N4O5S/c1-33-20-9-18(15-35-19-7-8-28-22(10-19)17-5-3-16(14-32)4-6-17)21-12-25(36-24(21)11-20)23-13-31-26(29-23)37-27(30-31)34-2/h3-14H,15H2,1-2H3. The Bertz CT molecular complexity index is 1700. The van der Waals surface area contributed by atoms with Crippen LogP contribution in [0, 0.1) is 0 Å². The van der Waals surface area contributed by atoms with E-state index in [4.69, 9.17) is 18.6 Å². The van der Waals surface area contributed by atoms with E-state index < -0.39 is 0 Å². The average molecular weight is 513 g/mol. The molecule has 0 bridgehead atoms. The van der Waals surface area contributed by atoms with E-state index in [1.807, 2.05) is 36.4 Å². The lowest BCUT2D eigenvalue weighted by Gasteiger charge is -2.10. The lowest BCUT2D eigenvalue weighted by Crippen LogP contribution is -1.98. The number of nitrogens with zero attached hydrogens (tertiary/aromatic N) is 4. The number of aromatic nitrogens is 4. The van der Waals surface area contributed by atoms with E-state index in [1.165, 1.54) is 11.3 Å². The van der Waals surface area contributed by atoms with Crippen LogP contribution in [-0.4, -0.2) is 40.1 Å². The molecule has 0 atom stereocenters. The van der Waals surface area contributed by atoms with Crippen LogP contribution in [0.4, 0.5) is 0 Å². The molecular formula is C27H20N4O5S. The molecule has 4 aromatic heterocycles. The van der Waals surface area contributed by atoms with E-state index in [0.29, 0.717) is 44.3 Å². The predicted molar refractivity (Wildman–Crippen MR) is 139 cm³/mol. The summed E-state index contributed by atoms with van der Waals surface area (Å²) in [6.07, 6.45) is 4.32. The molecule has 0 fully saturated rings. The summed E-state index contributed by atoms with van der Waals surface area (Å²) in [7, 11) is 3.19. The van der Waals surface area contributed by atoms with Gasteiger partial charge in [0.2, 0.25) is 4.96 Å². The molecule has 9 nitrogen and oxygen atoms in total. The van der Waals surface area contributed by atoms with Gasteiger partial charge in [-0.15, -0.1) is 5.10 Å². The Kier molecular flexibility index (Phi) is 5.78. The van der Waals surface area contributed by atoms with Crippen molar-refractivity contribution in [2.45, 2.75) is 6.61 Å². The summed E-state index contributed by atoms with van der Waals surface area (Å²) < 4.78 is 24.6. The maximum Gasteiger partial charge on any atom is 0.294 e. The Morgan fingerprint density at radius 2 is 1.86 bits per heavy atom. The maximum atomic E-state index is 10.9. The van der Waals surface area contributed by atoms with Crippen LogP contribution in [0.2, 0.25) is 0 Å². The Balaban J connectivity index is 1.29. The second-order valence-electron chi connectivity index (χ2n) is 8.14. The molecule has 0 amide bonds. The number of methoxy groups -OCH3 is 2. The minimum absolute atomic E-state index is 0.289. The van der Waals surface area contributed by atoms with Crippen LogP contribution >= 0.6 is 11.3 Å². The van der Waals surface area contributed by atoms with Crippen LogP contribution in [0.5, 0.6) is 16.7 Å². The number of rotatable bonds is 8. The van der Waals surface area contributed by atoms with Crippen LogP contribution < -0.4 is 14.2 Å². The first-order chi connectivity index (χ1) is 18.1. The lowest BCUT2D eigenvalue weighted by molar-refractivity contribution is 0.112. The van der Waals surface area contributed by atoms with Gasteiger partial charge < -0.3 is 18.6 Å². The molecule has 6 aromatic rings. The van der Waals surface area contributed by atoms with Gasteiger partial charge in [0.25, 0.3) is 5.19 Å². The van der Waals surface area contributed by atoms with Crippen molar-refractivity contribution in [1.82, 2.24) is 19.6 Å². The number of ether oxygens (including phenoxy) is 3. The number of hydrogen-bond donors (Lipinski definition) is 0. The molecule has 0 N–H and O–H groups in total. The number of pyridine rings is 1. The van der Waals surface area contributed by atoms with E-state index >= 15 is 0 Å². The third kappa shape index (κ3) is 4.38. The molecule has 10 heteroatoms. The molecule has 6 rings (SSSR count). The van der Waals surface area contributed by atoms with Gasteiger partial charge in [0.15, 0.2) is 5.76 Å². The maximum absolute atomic E-state index is 10.9. The molecule has 0 aliphatic rings. The van der Waals surface area contributed by atoms with Crippen molar-refractivity contribution in [3.8, 4) is 39.4 Å². The minimum Gasteiger partial charge on any atom is -0.497 e. The summed E-state index contributed by atoms with van der Waals surface area (Å²) in [5.74, 6) is 1.94. The molecule has 2 aromatic carbocycles. The number of carbonyl (C=O) groups is 1. The average Bonchev–Trinajstić information content (AvgIpc) is 3.65. The highest BCUT2D eigenvalue weighted by atomic mass is 32.1. The van der Waals surface area contributed by atoms with Gasteiger partial charge in [0.1, 0.15) is 35.7 Å². The second-order valence-corrected chi connectivity index (χ2v) is 9.06. The Hall–Kier alpha value is -4.70. The van der Waals surface area contributed by atoms with Crippen molar-refractivity contribution in [3.63, 3.8) is 0 Å². The van der Waals surface area contributed by atoms with Crippen LogP contribution in [0.15, 0.2) is 71.4 Å². The molecule has 0 radical (unpaired) electrons. The fourth-order valence-electron chi connectivity index (χ4n) is 3.98. The zero-order chi connectivity index (χ0) is 25.4. The highest BCUT2D eigenvalue weighted by Crippen LogP contribution is 2.34. The monoisotopic (exact) mass is 512 g/mol. The Morgan fingerprint density at radius 3 is 2.62 bits per heavy atom. The first-order valence-corrected chi connectivity index (χ1v) is 12.1. The molecule has 0 saturated heterocycles. The molecule has 0 unspecified atom stereocenters. The van der Waals surface area contributed by atoms with Gasteiger partial charge in [-0.1, -0.05) is 24.3 Å². The van der Waals surface area contributed by atoms with E-state index in [1.54, 1.807) is 49.3 Å². The summed E-state index contributed by atoms with van der Waals surface area (Å²) in [5, 5.41) is 5.77. The van der Waals surface area contributed by atoms with Crippen LogP contribution in [-0.2, 0) is 6.61 Å². The van der Waals surface area contributed by atoms with Crippen molar-refractivity contribution < 1.29 is 23.4 Å². The number of hydrogen-bond acceptors (Lipinski definition) is 9. The van der Waals surface area contributed by atoms with Gasteiger partial charge in [-0.05, 0) is 29.5 Å². The van der Waals surface area contributed by atoms with Gasteiger partial charge in [0.05, 0.1) is 26.1 Å². The van der Waals surface area contributed by atoms with Gasteiger partial charge in [-0.25, -0.2) is 9.50 Å². The minimum atomic E-state index is 0.289. The van der Waals surface area contributed by atoms with Crippen LogP contribution in [0.1, 0.15) is 15.9 Å². The van der Waals surface area contributed by atoms with E-state index in [0.717, 1.165) is 28.5 Å². The van der Waals surface area contributed by atoms with Crippen molar-refractivity contribution in [3.05, 3.63) is 78.1 Å². The second kappa shape index (κ2) is 9.40. The van der Waals surface area contributed by atoms with Crippen molar-refractivity contribution >= 4 is 33.6 Å². The van der Waals surface area contributed by atoms with Crippen LogP contribution in [0.3, 0.4) is 0 Å². The zero-order valence-corrected chi connectivity index (χ0v) is 20.7. The molecule has 37 heavy (non-hydrogen) atoms. The van der Waals surface area contributed by atoms with Crippen molar-refractivity contribution in [2.75, 3.05) is 14.2 Å². The normalized spacial score (nSPS) is 11.2. The molecule has 0 aliphatic heterocycles. The number of carbonyl (C=O) groups excluding carboxylic acids is 1. The molecule has 184 valence electrons. The fourth-order valence-corrected chi connectivity index (χ4v) is 4.68. The van der Waals surface area contributed by atoms with Gasteiger partial charge >= 0.3 is 0 Å². The van der Waals surface area contributed by atoms with E-state index in [2.05, 4.69) is 15.1 Å². The Morgan fingerprint density at radius 1 is 1.00 bits per heavy atom. The SMILES string of the molecule is COc1cc(COc2ccnc(-c3ccc(C=O)cc3)c2)c2cc(-c3cn4nc(OC)sc4n3)oc2c1. The fraction of sp³-hybridized carbons (Fsp3) is 0.111. The number of benzene rings is 2. The smallest absolute Gasteiger partial charge is 0.294 e. The summed E-state index contributed by atoms with van der Waals surface area (Å²) in [6.45, 7) is 0.289. The predicted octanol–water partition coefficient (Wildman–Crippen LogP) is 5.67. The summed E-state index contributed by atoms with van der Waals surface area (Å²) in [6, 6.07) is 16.6. The first-order valence-electron chi connectivity index (χ1n) is 11.3. The zero-order valence-electron chi connectivity index (χ0n) is 19.9. The highest BCUT2D eigenvalue weighted by molar-refractivity contribution is 7.18. The van der Waals surface area contributed by atoms with Crippen molar-refractivity contribution in [1.29, 1.82) is 0 Å². The van der Waals surface area contributed by atoms with Crippen molar-refractivity contribution in [2.24, 2.45) is 0 Å². The number of furan rings is 1. The largest absolute Gasteiger partial charge is 0.497 e. The molecule has 0 saturated carbocycles. The summed E-state index contributed by atoms with van der Waals surface area (Å²) in [5.41, 5.74) is 4.50. The Labute approximate surface area is 214 Å². The van der Waals surface area contributed by atoms with Gasteiger partial charge in [-0.3, -0.25) is 9.78 Å². The quantitative estimate of drug-likeness (QED) is 0.240. The summed E-state index contributed by atoms with van der Waals surface area (Å²) >= 11 is 1.35. The third-order valence-corrected chi connectivity index (χ3v) is 6.74. The van der Waals surface area contributed by atoms with E-state index in [9.17, 15) is 4.79 Å². The third-order valence-electron chi connectivity index (χ3n) is 5.85. The molecule has 4 heterocycles. The highest BCUT2D eigenvalue weighted by Gasteiger charge is 2.17. The number of imidazole rings is 1. The number of fused-ring (bicyclic) bond motifs is 2. The topological polar surface area (TPSA) is 101 Å². The lowest BCUT2D eigenvalue weighted by atomic mass is 10.1. The summed E-state index contributed by atoms with van der Waals surface area (Å²) in [4.78, 5) is 20.7. The number of aldehydes is 1. The van der Waals surface area contributed by atoms with Crippen LogP contribution in [0.25, 0.3) is 38.6 Å².